The first-order chi connectivity index (χ1) is 10.7. The summed E-state index contributed by atoms with van der Waals surface area (Å²) in [5, 5.41) is 3.54. The molecule has 22 heavy (non-hydrogen) atoms. The summed E-state index contributed by atoms with van der Waals surface area (Å²) in [6.07, 6.45) is 3.17. The highest BCUT2D eigenvalue weighted by molar-refractivity contribution is 5.32. The first-order valence-corrected chi connectivity index (χ1v) is 7.87. The standard InChI is InChI=1S/C18H23N3O/c1-12-18(16-5-4-10-19-16)13(2)21-17(20-12)11-14-6-8-15(22-3)9-7-14/h6-9,16,19H,4-5,10-11H2,1-3H3. The first-order valence-electron chi connectivity index (χ1n) is 7.87. The van der Waals surface area contributed by atoms with E-state index < -0.39 is 0 Å². The van der Waals surface area contributed by atoms with Crippen LogP contribution in [-0.4, -0.2) is 23.6 Å². The molecule has 1 N–H and O–H groups in total. The van der Waals surface area contributed by atoms with Crippen molar-refractivity contribution in [2.45, 2.75) is 39.2 Å². The van der Waals surface area contributed by atoms with E-state index in [-0.39, 0.29) is 0 Å². The number of hydrogen-bond acceptors (Lipinski definition) is 4. The molecule has 1 aliphatic heterocycles. The largest absolute Gasteiger partial charge is 0.497 e. The monoisotopic (exact) mass is 297 g/mol. The summed E-state index contributed by atoms with van der Waals surface area (Å²) in [4.78, 5) is 9.47. The quantitative estimate of drug-likeness (QED) is 0.942. The highest BCUT2D eigenvalue weighted by Crippen LogP contribution is 2.27. The molecule has 1 aliphatic rings. The molecule has 2 heterocycles. The Labute approximate surface area is 132 Å². The third-order valence-corrected chi connectivity index (χ3v) is 4.30. The number of nitrogens with one attached hydrogen (secondary N) is 1. The average molecular weight is 297 g/mol. The fourth-order valence-corrected chi connectivity index (χ4v) is 3.23. The Morgan fingerprint density at radius 1 is 1.14 bits per heavy atom. The SMILES string of the molecule is COc1ccc(Cc2nc(C)c(C3CCCN3)c(C)n2)cc1. The van der Waals surface area contributed by atoms with Crippen LogP contribution in [0, 0.1) is 13.8 Å². The Kier molecular flexibility index (Phi) is 4.39. The van der Waals surface area contributed by atoms with Gasteiger partial charge >= 0.3 is 0 Å². The van der Waals surface area contributed by atoms with E-state index in [0.29, 0.717) is 6.04 Å². The lowest BCUT2D eigenvalue weighted by molar-refractivity contribution is 0.414. The van der Waals surface area contributed by atoms with Gasteiger partial charge in [0, 0.05) is 29.4 Å². The van der Waals surface area contributed by atoms with Gasteiger partial charge in [-0.3, -0.25) is 0 Å². The molecule has 0 amide bonds. The van der Waals surface area contributed by atoms with E-state index >= 15 is 0 Å². The van der Waals surface area contributed by atoms with E-state index in [0.717, 1.165) is 35.9 Å². The fourth-order valence-electron chi connectivity index (χ4n) is 3.23. The maximum absolute atomic E-state index is 5.19. The molecule has 1 aromatic carbocycles. The van der Waals surface area contributed by atoms with Crippen molar-refractivity contribution in [2.75, 3.05) is 13.7 Å². The molecule has 1 saturated heterocycles. The molecule has 4 nitrogen and oxygen atoms in total. The molecule has 1 aromatic heterocycles. The van der Waals surface area contributed by atoms with E-state index in [4.69, 9.17) is 14.7 Å². The highest BCUT2D eigenvalue weighted by Gasteiger charge is 2.21. The number of rotatable bonds is 4. The summed E-state index contributed by atoms with van der Waals surface area (Å²) < 4.78 is 5.19. The van der Waals surface area contributed by atoms with Crippen molar-refractivity contribution in [2.24, 2.45) is 0 Å². The summed E-state index contributed by atoms with van der Waals surface area (Å²) in [6.45, 7) is 5.29. The van der Waals surface area contributed by atoms with Crippen LogP contribution in [0.2, 0.25) is 0 Å². The lowest BCUT2D eigenvalue weighted by Crippen LogP contribution is -2.17. The van der Waals surface area contributed by atoms with Crippen molar-refractivity contribution < 1.29 is 4.74 Å². The first kappa shape index (κ1) is 15.0. The molecular weight excluding hydrogens is 274 g/mol. The van der Waals surface area contributed by atoms with Gasteiger partial charge in [-0.25, -0.2) is 9.97 Å². The van der Waals surface area contributed by atoms with Crippen LogP contribution in [0.1, 0.15) is 47.2 Å². The molecule has 0 radical (unpaired) electrons. The zero-order chi connectivity index (χ0) is 15.5. The molecular formula is C18H23N3O. The van der Waals surface area contributed by atoms with Crippen molar-refractivity contribution in [1.29, 1.82) is 0 Å². The Hall–Kier alpha value is -1.94. The van der Waals surface area contributed by atoms with Gasteiger partial charge in [0.1, 0.15) is 11.6 Å². The van der Waals surface area contributed by atoms with Crippen molar-refractivity contribution in [1.82, 2.24) is 15.3 Å². The Morgan fingerprint density at radius 2 is 1.82 bits per heavy atom. The third kappa shape index (κ3) is 3.12. The van der Waals surface area contributed by atoms with Crippen LogP contribution in [0.4, 0.5) is 0 Å². The van der Waals surface area contributed by atoms with E-state index in [1.165, 1.54) is 24.0 Å². The maximum Gasteiger partial charge on any atom is 0.133 e. The van der Waals surface area contributed by atoms with E-state index in [1.54, 1.807) is 7.11 Å². The van der Waals surface area contributed by atoms with Crippen LogP contribution in [0.25, 0.3) is 0 Å². The van der Waals surface area contributed by atoms with Gasteiger partial charge in [-0.15, -0.1) is 0 Å². The second-order valence-electron chi connectivity index (χ2n) is 5.90. The van der Waals surface area contributed by atoms with Crippen LogP contribution in [0.15, 0.2) is 24.3 Å². The smallest absolute Gasteiger partial charge is 0.133 e. The molecule has 1 unspecified atom stereocenters. The number of aromatic nitrogens is 2. The zero-order valence-electron chi connectivity index (χ0n) is 13.5. The molecule has 116 valence electrons. The lowest BCUT2D eigenvalue weighted by atomic mass is 10.0. The van der Waals surface area contributed by atoms with Crippen LogP contribution in [-0.2, 0) is 6.42 Å². The molecule has 0 bridgehead atoms. The zero-order valence-corrected chi connectivity index (χ0v) is 13.5. The van der Waals surface area contributed by atoms with Crippen LogP contribution in [0.3, 0.4) is 0 Å². The third-order valence-electron chi connectivity index (χ3n) is 4.30. The predicted molar refractivity (Wildman–Crippen MR) is 87.3 cm³/mol. The van der Waals surface area contributed by atoms with Gasteiger partial charge in [0.15, 0.2) is 0 Å². The predicted octanol–water partition coefficient (Wildman–Crippen LogP) is 3.12. The van der Waals surface area contributed by atoms with Crippen LogP contribution >= 0.6 is 0 Å². The topological polar surface area (TPSA) is 47.0 Å². The van der Waals surface area contributed by atoms with Crippen LogP contribution in [0.5, 0.6) is 5.75 Å². The molecule has 2 aromatic rings. The maximum atomic E-state index is 5.19. The molecule has 4 heteroatoms. The number of hydrogen-bond donors (Lipinski definition) is 1. The van der Waals surface area contributed by atoms with Crippen LogP contribution < -0.4 is 10.1 Å². The second-order valence-corrected chi connectivity index (χ2v) is 5.90. The van der Waals surface area contributed by atoms with E-state index in [1.807, 2.05) is 12.1 Å². The minimum absolute atomic E-state index is 0.426. The Balaban J connectivity index is 1.82. The highest BCUT2D eigenvalue weighted by atomic mass is 16.5. The van der Waals surface area contributed by atoms with Gasteiger partial charge in [0.05, 0.1) is 7.11 Å². The number of ether oxygens (including phenoxy) is 1. The number of benzene rings is 1. The van der Waals surface area contributed by atoms with Gasteiger partial charge in [-0.05, 0) is 50.9 Å². The molecule has 1 atom stereocenters. The lowest BCUT2D eigenvalue weighted by Gasteiger charge is -2.16. The minimum Gasteiger partial charge on any atom is -0.497 e. The molecule has 1 fully saturated rings. The number of aryl methyl sites for hydroxylation is 2. The van der Waals surface area contributed by atoms with Crippen molar-refractivity contribution >= 4 is 0 Å². The fraction of sp³-hybridized carbons (Fsp3) is 0.444. The Morgan fingerprint density at radius 3 is 2.36 bits per heavy atom. The van der Waals surface area contributed by atoms with Crippen molar-refractivity contribution in [3.8, 4) is 5.75 Å². The normalized spacial score (nSPS) is 17.7. The molecule has 0 saturated carbocycles. The van der Waals surface area contributed by atoms with E-state index in [9.17, 15) is 0 Å². The summed E-state index contributed by atoms with van der Waals surface area (Å²) in [6, 6.07) is 8.52. The average Bonchev–Trinajstić information content (AvgIpc) is 3.01. The van der Waals surface area contributed by atoms with Gasteiger partial charge in [-0.2, -0.15) is 0 Å². The van der Waals surface area contributed by atoms with Crippen molar-refractivity contribution in [3.05, 3.63) is 52.6 Å². The molecule has 0 aliphatic carbocycles. The Bertz CT molecular complexity index is 623. The number of nitrogens with zero attached hydrogens (tertiary/aromatic N) is 2. The summed E-state index contributed by atoms with van der Waals surface area (Å²) >= 11 is 0. The van der Waals surface area contributed by atoms with E-state index in [2.05, 4.69) is 31.3 Å². The summed E-state index contributed by atoms with van der Waals surface area (Å²) in [5.74, 6) is 1.77. The summed E-state index contributed by atoms with van der Waals surface area (Å²) in [7, 11) is 1.68. The second kappa shape index (κ2) is 6.44. The molecule has 0 spiro atoms. The van der Waals surface area contributed by atoms with Gasteiger partial charge in [-0.1, -0.05) is 12.1 Å². The minimum atomic E-state index is 0.426. The van der Waals surface area contributed by atoms with Gasteiger partial charge in [0.25, 0.3) is 0 Å². The van der Waals surface area contributed by atoms with Gasteiger partial charge in [0.2, 0.25) is 0 Å². The van der Waals surface area contributed by atoms with Gasteiger partial charge < -0.3 is 10.1 Å². The number of methoxy groups -OCH3 is 1. The van der Waals surface area contributed by atoms with Crippen molar-refractivity contribution in [3.63, 3.8) is 0 Å². The summed E-state index contributed by atoms with van der Waals surface area (Å²) in [5.41, 5.74) is 4.70. The molecule has 3 rings (SSSR count).